The summed E-state index contributed by atoms with van der Waals surface area (Å²) in [6.45, 7) is 0. The van der Waals surface area contributed by atoms with Crippen LogP contribution >= 0.6 is 12.4 Å². The van der Waals surface area contributed by atoms with Crippen LogP contribution in [0, 0.1) is 0 Å². The van der Waals surface area contributed by atoms with Gasteiger partial charge in [0.1, 0.15) is 5.75 Å². The summed E-state index contributed by atoms with van der Waals surface area (Å²) < 4.78 is 0. The monoisotopic (exact) mass is 178 g/mol. The van der Waals surface area contributed by atoms with Crippen molar-refractivity contribution in [3.05, 3.63) is 30.3 Å². The van der Waals surface area contributed by atoms with Crippen molar-refractivity contribution >= 4 is 12.4 Å². The predicted octanol–water partition coefficient (Wildman–Crippen LogP) is 1.81. The van der Waals surface area contributed by atoms with Gasteiger partial charge in [0.2, 0.25) is 0 Å². The van der Waals surface area contributed by atoms with Crippen molar-refractivity contribution in [3.63, 3.8) is 0 Å². The van der Waals surface area contributed by atoms with Crippen molar-refractivity contribution in [2.45, 2.75) is 0 Å². The van der Waals surface area contributed by atoms with Crippen molar-refractivity contribution in [2.24, 2.45) is 0 Å². The Hall–Kier alpha value is 0.0243. The third-order valence-corrected chi connectivity index (χ3v) is 0.756. The average Bonchev–Trinajstić information content (AvgIpc) is 1.69. The summed E-state index contributed by atoms with van der Waals surface area (Å²) in [5.74, 6) is 0.322. The molecule has 1 N–H and O–H groups in total. The fourth-order valence-electron chi connectivity index (χ4n) is 0.428. The van der Waals surface area contributed by atoms with E-state index in [1.807, 2.05) is 6.07 Å². The Bertz CT molecular complexity index is 143. The third-order valence-electron chi connectivity index (χ3n) is 0.756. The number of hydrogen-bond donors (Lipinski definition) is 1. The molecule has 9 heavy (non-hydrogen) atoms. The molecule has 0 spiro atoms. The second-order valence-electron chi connectivity index (χ2n) is 1.34. The first-order valence-electron chi connectivity index (χ1n) is 2.13. The fourth-order valence-corrected chi connectivity index (χ4v) is 0.428. The van der Waals surface area contributed by atoms with Gasteiger partial charge in [-0.3, -0.25) is 0 Å². The Labute approximate surface area is 75.4 Å². The second kappa shape index (κ2) is 6.15. The Balaban J connectivity index is 0. The van der Waals surface area contributed by atoms with E-state index < -0.39 is 0 Å². The van der Waals surface area contributed by atoms with Crippen LogP contribution in [0.2, 0.25) is 0 Å². The molecule has 0 aromatic heterocycles. The molecule has 0 saturated carbocycles. The first-order chi connectivity index (χ1) is 3.39. The number of para-hydroxylation sites is 1. The van der Waals surface area contributed by atoms with Gasteiger partial charge in [-0.15, -0.1) is 12.4 Å². The molecule has 48 valence electrons. The molecule has 0 aliphatic heterocycles. The number of aromatic hydroxyl groups is 1. The second-order valence-corrected chi connectivity index (χ2v) is 1.34. The maximum atomic E-state index is 8.63. The molecular formula is C6H7ClOTi. The number of phenolic OH excluding ortho intramolecular Hbond substituents is 1. The fraction of sp³-hybridized carbons (Fsp3) is 0. The van der Waals surface area contributed by atoms with Crippen LogP contribution in [0.25, 0.3) is 0 Å². The molecular weight excluding hydrogens is 171 g/mol. The van der Waals surface area contributed by atoms with Gasteiger partial charge in [-0.2, -0.15) is 0 Å². The molecule has 0 atom stereocenters. The molecule has 0 unspecified atom stereocenters. The molecule has 1 rings (SSSR count). The number of benzene rings is 1. The number of rotatable bonds is 0. The van der Waals surface area contributed by atoms with Gasteiger partial charge in [-0.05, 0) is 12.1 Å². The number of halogens is 1. The van der Waals surface area contributed by atoms with Gasteiger partial charge < -0.3 is 5.11 Å². The molecule has 1 aromatic rings. The molecule has 1 aromatic carbocycles. The molecule has 0 saturated heterocycles. The minimum atomic E-state index is 0. The van der Waals surface area contributed by atoms with E-state index >= 15 is 0 Å². The SMILES string of the molecule is Cl.Oc1ccccc1.[Ti]. The Morgan fingerprint density at radius 1 is 1.00 bits per heavy atom. The largest absolute Gasteiger partial charge is 0.508 e. The molecule has 3 heteroatoms. The normalized spacial score (nSPS) is 6.67. The molecule has 0 heterocycles. The van der Waals surface area contributed by atoms with Crippen molar-refractivity contribution in [1.82, 2.24) is 0 Å². The van der Waals surface area contributed by atoms with E-state index in [4.69, 9.17) is 5.11 Å². The van der Waals surface area contributed by atoms with E-state index in [-0.39, 0.29) is 34.1 Å². The average molecular weight is 178 g/mol. The molecule has 0 bridgehead atoms. The van der Waals surface area contributed by atoms with E-state index in [1.165, 1.54) is 0 Å². The van der Waals surface area contributed by atoms with Crippen molar-refractivity contribution < 1.29 is 26.8 Å². The van der Waals surface area contributed by atoms with Crippen molar-refractivity contribution in [3.8, 4) is 5.75 Å². The molecule has 0 radical (unpaired) electrons. The maximum Gasteiger partial charge on any atom is 0.115 e. The van der Waals surface area contributed by atoms with Gasteiger partial charge in [0.05, 0.1) is 0 Å². The zero-order chi connectivity index (χ0) is 5.11. The van der Waals surface area contributed by atoms with Crippen molar-refractivity contribution in [2.75, 3.05) is 0 Å². The summed E-state index contributed by atoms with van der Waals surface area (Å²) >= 11 is 0. The van der Waals surface area contributed by atoms with Crippen LogP contribution in [0.15, 0.2) is 30.3 Å². The van der Waals surface area contributed by atoms with Crippen LogP contribution in [-0.2, 0) is 21.7 Å². The Morgan fingerprint density at radius 2 is 1.44 bits per heavy atom. The molecule has 0 aliphatic rings. The third kappa shape index (κ3) is 4.52. The van der Waals surface area contributed by atoms with Gasteiger partial charge in [-0.1, -0.05) is 18.2 Å². The molecule has 1 nitrogen and oxygen atoms in total. The topological polar surface area (TPSA) is 20.2 Å². The van der Waals surface area contributed by atoms with Gasteiger partial charge in [-0.25, -0.2) is 0 Å². The van der Waals surface area contributed by atoms with E-state index in [2.05, 4.69) is 0 Å². The minimum Gasteiger partial charge on any atom is -0.508 e. The summed E-state index contributed by atoms with van der Waals surface area (Å²) in [7, 11) is 0. The number of hydrogen-bond acceptors (Lipinski definition) is 1. The smallest absolute Gasteiger partial charge is 0.115 e. The summed E-state index contributed by atoms with van der Waals surface area (Å²) in [5.41, 5.74) is 0. The summed E-state index contributed by atoms with van der Waals surface area (Å²) in [5, 5.41) is 8.63. The van der Waals surface area contributed by atoms with Crippen molar-refractivity contribution in [1.29, 1.82) is 0 Å². The van der Waals surface area contributed by atoms with Crippen LogP contribution < -0.4 is 0 Å². The van der Waals surface area contributed by atoms with Gasteiger partial charge >= 0.3 is 0 Å². The summed E-state index contributed by atoms with van der Waals surface area (Å²) in [6.07, 6.45) is 0. The first kappa shape index (κ1) is 11.8. The van der Waals surface area contributed by atoms with Gasteiger partial charge in [0, 0.05) is 21.7 Å². The summed E-state index contributed by atoms with van der Waals surface area (Å²) in [4.78, 5) is 0. The Kier molecular flexibility index (Phi) is 8.05. The van der Waals surface area contributed by atoms with Crippen LogP contribution in [0.3, 0.4) is 0 Å². The molecule has 0 amide bonds. The van der Waals surface area contributed by atoms with Crippen LogP contribution in [0.4, 0.5) is 0 Å². The maximum absolute atomic E-state index is 8.63. The van der Waals surface area contributed by atoms with Crippen LogP contribution in [-0.4, -0.2) is 5.11 Å². The van der Waals surface area contributed by atoms with Gasteiger partial charge in [0.15, 0.2) is 0 Å². The van der Waals surface area contributed by atoms with Crippen LogP contribution in [0.1, 0.15) is 0 Å². The first-order valence-corrected chi connectivity index (χ1v) is 2.13. The molecule has 0 aliphatic carbocycles. The quantitative estimate of drug-likeness (QED) is 0.601. The minimum absolute atomic E-state index is 0. The predicted molar refractivity (Wildman–Crippen MR) is 35.4 cm³/mol. The zero-order valence-electron chi connectivity index (χ0n) is 4.74. The number of phenols is 1. The van der Waals surface area contributed by atoms with E-state index in [0.29, 0.717) is 5.75 Å². The van der Waals surface area contributed by atoms with Crippen LogP contribution in [0.5, 0.6) is 5.75 Å². The Morgan fingerprint density at radius 3 is 1.67 bits per heavy atom. The van der Waals surface area contributed by atoms with E-state index in [9.17, 15) is 0 Å². The van der Waals surface area contributed by atoms with E-state index in [0.717, 1.165) is 0 Å². The summed E-state index contributed by atoms with van der Waals surface area (Å²) in [6, 6.07) is 8.71. The standard InChI is InChI=1S/C6H6O.ClH.Ti/c7-6-4-2-1-3-5-6;;/h1-5,7H;1H;. The van der Waals surface area contributed by atoms with E-state index in [1.54, 1.807) is 24.3 Å². The zero-order valence-corrected chi connectivity index (χ0v) is 7.12. The molecule has 0 fully saturated rings. The van der Waals surface area contributed by atoms with Gasteiger partial charge in [0.25, 0.3) is 0 Å².